The summed E-state index contributed by atoms with van der Waals surface area (Å²) in [7, 11) is -2.76. The summed E-state index contributed by atoms with van der Waals surface area (Å²) in [4.78, 5) is 93.8. The average Bonchev–Trinajstić information content (AvgIpc) is 1.28. The molecule has 3 amide bonds. The minimum absolute atomic E-state index is 0. The van der Waals surface area contributed by atoms with Gasteiger partial charge in [-0.2, -0.15) is 0 Å². The Hall–Kier alpha value is -13.9. The molecule has 28 heteroatoms. The van der Waals surface area contributed by atoms with Crippen molar-refractivity contribution in [1.29, 1.82) is 0 Å². The van der Waals surface area contributed by atoms with E-state index in [1.54, 1.807) is 101 Å². The molecule has 6 aromatic carbocycles. The topological polar surface area (TPSA) is 322 Å². The van der Waals surface area contributed by atoms with Gasteiger partial charge >= 0.3 is 0 Å². The Balaban J connectivity index is 0.000000187. The van der Waals surface area contributed by atoms with Crippen molar-refractivity contribution >= 4 is 121 Å². The number of amides is 3. The summed E-state index contributed by atoms with van der Waals surface area (Å²) in [5.74, 6) is 4.79. The van der Waals surface area contributed by atoms with Gasteiger partial charge < -0.3 is 33.2 Å². The van der Waals surface area contributed by atoms with Crippen LogP contribution < -0.4 is 49.8 Å². The van der Waals surface area contributed by atoms with Gasteiger partial charge in [0.2, 0.25) is 0 Å². The third-order valence-electron chi connectivity index (χ3n) is 17.7. The molecular weight excluding hydrogens is 1480 g/mol. The van der Waals surface area contributed by atoms with Crippen molar-refractivity contribution in [2.24, 2.45) is 0 Å². The van der Waals surface area contributed by atoms with Gasteiger partial charge in [-0.05, 0) is 128 Å². The second-order valence-corrected chi connectivity index (χ2v) is 37.9. The van der Waals surface area contributed by atoms with Gasteiger partial charge in [0.05, 0.1) is 39.3 Å². The number of carbonyl (C=O) groups excluding carboxylic acids is 3. The Kier molecular flexibility index (Phi) is 26.1. The molecule has 9 heterocycles. The first-order valence-corrected chi connectivity index (χ1v) is 42.6. The maximum atomic E-state index is 14.1. The third kappa shape index (κ3) is 17.8. The molecule has 15 aromatic rings. The number of rotatable bonds is 12. The van der Waals surface area contributed by atoms with Gasteiger partial charge in [0, 0.05) is 90.9 Å². The molecule has 0 aliphatic heterocycles. The fourth-order valence-corrected chi connectivity index (χ4v) is 13.2. The largest absolute Gasteiger partial charge is 0.381 e. The van der Waals surface area contributed by atoms with E-state index in [0.717, 1.165) is 5.39 Å². The molecule has 0 aliphatic rings. The van der Waals surface area contributed by atoms with Crippen molar-refractivity contribution in [3.8, 4) is 52.8 Å². The molecule has 9 aromatic heterocycles. The van der Waals surface area contributed by atoms with E-state index < -0.39 is 52.0 Å². The first kappa shape index (κ1) is 84.1. The van der Waals surface area contributed by atoms with Crippen LogP contribution in [0.2, 0.25) is 44.3 Å². The second-order valence-electron chi connectivity index (χ2n) is 27.9. The molecule has 0 aliphatic carbocycles. The van der Waals surface area contributed by atoms with Crippen LogP contribution in [0.3, 0.4) is 0 Å². The smallest absolute Gasteiger partial charge is 0.264 e. The van der Waals surface area contributed by atoms with Crippen molar-refractivity contribution in [2.45, 2.75) is 93.0 Å². The highest BCUT2D eigenvalue weighted by atomic mass is 35.5. The minimum Gasteiger partial charge on any atom is -0.381 e. The molecule has 0 saturated carbocycles. The number of nitrogens with zero attached hydrogens (tertiary/aromatic N) is 12. The second kappa shape index (κ2) is 35.4. The molecule has 0 bridgehead atoms. The van der Waals surface area contributed by atoms with Crippen molar-refractivity contribution in [3.63, 3.8) is 0 Å². The lowest BCUT2D eigenvalue weighted by Crippen LogP contribution is -2.32. The van der Waals surface area contributed by atoms with Crippen LogP contribution in [0.1, 0.15) is 113 Å². The van der Waals surface area contributed by atoms with Gasteiger partial charge in [-0.15, -0.1) is 39.2 Å². The molecule has 114 heavy (non-hydrogen) atoms. The number of terminal acetylenes is 2. The van der Waals surface area contributed by atoms with E-state index in [0.29, 0.717) is 94.2 Å². The average molecular weight is 1570 g/mol. The lowest BCUT2D eigenvalue weighted by molar-refractivity contribution is 0.0932. The lowest BCUT2D eigenvalue weighted by Gasteiger charge is -2.21. The molecule has 0 saturated heterocycles. The molecule has 3 radical (unpaired) electrons. The summed E-state index contributed by atoms with van der Waals surface area (Å²) in [5.41, 5.74) is 30.1. The zero-order valence-corrected chi connectivity index (χ0v) is 65.4. The Morgan fingerprint density at radius 3 is 1.07 bits per heavy atom. The number of nitrogens with one attached hydrogen (secondary N) is 3. The number of hydrogen-bond donors (Lipinski definition) is 6. The summed E-state index contributed by atoms with van der Waals surface area (Å²) in [6, 6.07) is 53.3. The number of anilines is 3. The summed E-state index contributed by atoms with van der Waals surface area (Å²) in [6.07, 6.45) is 20.5. The maximum Gasteiger partial charge on any atom is 0.264 e. The van der Waals surface area contributed by atoms with Crippen LogP contribution in [-0.2, 0) is 0 Å². The van der Waals surface area contributed by atoms with Crippen LogP contribution in [0, 0.1) is 35.8 Å². The zero-order valence-electron chi connectivity index (χ0n) is 62.7. The molecular formula is C86H85BClN18O6Si2. The number of pyridine rings is 3. The van der Waals surface area contributed by atoms with Gasteiger partial charge in [-0.25, -0.2) is 28.5 Å². The van der Waals surface area contributed by atoms with Crippen LogP contribution in [0.5, 0.6) is 0 Å². The van der Waals surface area contributed by atoms with Crippen molar-refractivity contribution in [3.05, 3.63) is 300 Å². The van der Waals surface area contributed by atoms with Crippen molar-refractivity contribution < 1.29 is 14.4 Å². The predicted molar refractivity (Wildman–Crippen MR) is 463 cm³/mol. The Morgan fingerprint density at radius 2 is 0.746 bits per heavy atom. The fraction of sp³-hybridized carbons (Fsp3) is 0.163. The van der Waals surface area contributed by atoms with E-state index >= 15 is 0 Å². The molecule has 0 unspecified atom stereocenters. The third-order valence-corrected chi connectivity index (χ3v) is 19.8. The number of nitrogens with two attached hydrogens (primary N) is 3. The van der Waals surface area contributed by atoms with Gasteiger partial charge in [0.25, 0.3) is 34.4 Å². The van der Waals surface area contributed by atoms with Gasteiger partial charge in [-0.3, -0.25) is 42.5 Å². The van der Waals surface area contributed by atoms with Gasteiger partial charge in [0.1, 0.15) is 32.8 Å². The number of nitrogen functional groups attached to an aromatic ring is 3. The number of halogens is 1. The van der Waals surface area contributed by atoms with Crippen LogP contribution in [0.25, 0.3) is 66.3 Å². The SMILES string of the molecule is C.C.C#C[Si](C)(C)C.C#Cc1cccc2cc([C@H](C)NC(=O)c3c(N)nn4cccnc34)n(-c3ccccc3)c(=O)c12.C[C@H](NC(=O)c1c(N)nn2cccnc12)c1cc2cccc(C#C[Si](C)(C)C)c2c(=O)n1-c1ccccc1.C[C@H](NC(=O)c1c(N)nn2cccnc12)c1cc2cccc(Cl)c2c(=O)n1-c1ccccc1.[B]. The summed E-state index contributed by atoms with van der Waals surface area (Å²) in [6.45, 7) is 18.4. The highest BCUT2D eigenvalue weighted by molar-refractivity contribution is 6.84. The van der Waals surface area contributed by atoms with E-state index in [4.69, 9.17) is 41.6 Å². The standard InChI is InChI=1S/C29H28N6O2Si.C26H20N6O2.C24H19ClN6O2.C5H10Si.2CH4.B/c1-19(32-28(36)25-26(30)33-34-16-9-15-31-27(25)34)23-18-21-11-8-10-20(14-17-38(2,3)4)24(21)29(37)35(23)22-12-6-5-7-13-22;1-3-17-9-7-10-18-15-20(32(26(34)21(17)18)19-11-5-4-6-12-19)16(2)29-25(33)22-23(27)30-31-14-8-13-28-24(22)31;1-14(28-23(32)20-21(26)29-30-12-6-11-27-22(20)30)18-13-15-7-5-10-17(25)19(15)24(33)31(18)16-8-3-2-4-9-16;1-5-6(2,3)4;;;/h5-13,15-16,18-19H,1-4H3,(H2,30,33)(H,32,36);1,4-16H,2H3,(H2,27,30)(H,29,33);2-14H,1H3,(H2,26,29)(H,28,32);1H,2-4H3;2*1H4;/t19-;16-;14-;;;;/m000..../s1. The number of fused-ring (bicyclic) bond motifs is 6. The first-order valence-electron chi connectivity index (χ1n) is 35.2. The first-order chi connectivity index (χ1) is 53.1. The zero-order chi connectivity index (χ0) is 79.2. The van der Waals surface area contributed by atoms with Crippen LogP contribution in [-0.4, -0.2) is 99.8 Å². The van der Waals surface area contributed by atoms with Crippen LogP contribution in [0.15, 0.2) is 234 Å². The predicted octanol–water partition coefficient (Wildman–Crippen LogP) is 13.6. The molecule has 9 N–H and O–H groups in total. The number of carbonyl (C=O) groups is 3. The van der Waals surface area contributed by atoms with E-state index in [1.807, 2.05) is 153 Å². The van der Waals surface area contributed by atoms with Gasteiger partial charge in [0.15, 0.2) is 34.4 Å². The highest BCUT2D eigenvalue weighted by Crippen LogP contribution is 2.30. The van der Waals surface area contributed by atoms with E-state index in [2.05, 4.69) is 108 Å². The van der Waals surface area contributed by atoms with Gasteiger partial charge in [-0.1, -0.05) is 169 Å². The number of aromatic nitrogens is 12. The molecule has 15 rings (SSSR count). The molecule has 3 atom stereocenters. The highest BCUT2D eigenvalue weighted by Gasteiger charge is 2.29. The molecule has 573 valence electrons. The molecule has 0 fully saturated rings. The lowest BCUT2D eigenvalue weighted by atomic mass is 10.0. The Morgan fingerprint density at radius 1 is 0.439 bits per heavy atom. The van der Waals surface area contributed by atoms with E-state index in [1.165, 1.54) is 13.5 Å². The minimum atomic E-state index is -1.66. The van der Waals surface area contributed by atoms with Crippen molar-refractivity contribution in [1.82, 2.24) is 73.4 Å². The summed E-state index contributed by atoms with van der Waals surface area (Å²) >= 11 is 6.37. The Bertz CT molecular complexity index is 6490. The van der Waals surface area contributed by atoms with Crippen LogP contribution in [0.4, 0.5) is 17.5 Å². The van der Waals surface area contributed by atoms with E-state index in [-0.39, 0.29) is 74.1 Å². The van der Waals surface area contributed by atoms with Crippen LogP contribution >= 0.6 is 11.6 Å². The Labute approximate surface area is 667 Å². The van der Waals surface area contributed by atoms with Crippen molar-refractivity contribution in [2.75, 3.05) is 17.2 Å². The number of hydrogen-bond acceptors (Lipinski definition) is 15. The normalized spacial score (nSPS) is 11.7. The quantitative estimate of drug-likeness (QED) is 0.0489. The van der Waals surface area contributed by atoms with E-state index in [9.17, 15) is 28.8 Å². The fourth-order valence-electron chi connectivity index (χ4n) is 12.5. The molecule has 0 spiro atoms. The summed E-state index contributed by atoms with van der Waals surface area (Å²) in [5, 5.41) is 25.3. The maximum absolute atomic E-state index is 14.1. The number of para-hydroxylation sites is 3. The monoisotopic (exact) mass is 1570 g/mol. The molecule has 24 nitrogen and oxygen atoms in total. The number of benzene rings is 6. The summed E-state index contributed by atoms with van der Waals surface area (Å²) < 4.78 is 9.15.